The molecule has 3 unspecified atom stereocenters. The molecule has 0 aromatic rings. The topological polar surface area (TPSA) is 66.6 Å². The Labute approximate surface area is 104 Å². The van der Waals surface area contributed by atoms with Gasteiger partial charge in [-0.05, 0) is 19.8 Å². The van der Waals surface area contributed by atoms with Crippen molar-refractivity contribution in [3.05, 3.63) is 0 Å². The summed E-state index contributed by atoms with van der Waals surface area (Å²) in [6.07, 6.45) is 4.75. The molecule has 1 aliphatic rings. The fraction of sp³-hybridized carbons (Fsp3) is 1.00. The van der Waals surface area contributed by atoms with Crippen LogP contribution in [0, 0.1) is 0 Å². The van der Waals surface area contributed by atoms with Gasteiger partial charge >= 0.3 is 0 Å². The van der Waals surface area contributed by atoms with Crippen molar-refractivity contribution in [2.24, 2.45) is 0 Å². The number of methoxy groups -OCH3 is 2. The zero-order valence-corrected chi connectivity index (χ0v) is 11.1. The van der Waals surface area contributed by atoms with E-state index in [2.05, 4.69) is 28.8 Å². The van der Waals surface area contributed by atoms with Crippen LogP contribution in [0.15, 0.2) is 0 Å². The van der Waals surface area contributed by atoms with Crippen LogP contribution in [0.1, 0.15) is 32.6 Å². The van der Waals surface area contributed by atoms with Gasteiger partial charge in [0.25, 0.3) is 0 Å². The molecule has 1 aliphatic heterocycles. The maximum Gasteiger partial charge on any atom is 0.0971 e. The molecule has 3 atom stereocenters. The Balaban J connectivity index is 2.43. The van der Waals surface area contributed by atoms with Gasteiger partial charge in [0.15, 0.2) is 0 Å². The summed E-state index contributed by atoms with van der Waals surface area (Å²) in [5, 5.41) is 0. The van der Waals surface area contributed by atoms with Crippen LogP contribution in [-0.4, -0.2) is 39.0 Å². The highest BCUT2D eigenvalue weighted by Gasteiger charge is 2.20. The van der Waals surface area contributed by atoms with E-state index in [9.17, 15) is 0 Å². The third-order valence-corrected chi connectivity index (χ3v) is 3.17. The molecular formula is C11H26N4O2. The Morgan fingerprint density at radius 2 is 1.65 bits per heavy atom. The smallest absolute Gasteiger partial charge is 0.0971 e. The lowest BCUT2D eigenvalue weighted by Gasteiger charge is -2.26. The predicted molar refractivity (Wildman–Crippen MR) is 66.9 cm³/mol. The second-order valence-electron chi connectivity index (χ2n) is 4.51. The van der Waals surface area contributed by atoms with E-state index in [1.54, 1.807) is 14.2 Å². The fourth-order valence-corrected chi connectivity index (χ4v) is 2.05. The van der Waals surface area contributed by atoms with Crippen LogP contribution in [0.25, 0.3) is 0 Å². The molecular weight excluding hydrogens is 220 g/mol. The molecule has 0 saturated carbocycles. The molecule has 17 heavy (non-hydrogen) atoms. The molecule has 102 valence electrons. The van der Waals surface area contributed by atoms with Crippen molar-refractivity contribution in [1.29, 1.82) is 0 Å². The summed E-state index contributed by atoms with van der Waals surface area (Å²) in [4.78, 5) is 0. The van der Waals surface area contributed by atoms with Crippen molar-refractivity contribution in [2.45, 2.75) is 50.9 Å². The second kappa shape index (κ2) is 8.79. The quantitative estimate of drug-likeness (QED) is 0.553. The zero-order chi connectivity index (χ0) is 12.5. The van der Waals surface area contributed by atoms with E-state index >= 15 is 0 Å². The maximum atomic E-state index is 5.50. The number of hydrogen-bond acceptors (Lipinski definition) is 6. The van der Waals surface area contributed by atoms with Crippen LogP contribution in [0.3, 0.4) is 0 Å². The molecule has 0 spiro atoms. The maximum absolute atomic E-state index is 5.50. The Morgan fingerprint density at radius 3 is 2.35 bits per heavy atom. The van der Waals surface area contributed by atoms with Crippen molar-refractivity contribution < 1.29 is 9.47 Å². The normalized spacial score (nSPS) is 33.7. The van der Waals surface area contributed by atoms with Crippen molar-refractivity contribution >= 4 is 0 Å². The largest absolute Gasteiger partial charge is 0.379 e. The molecule has 4 N–H and O–H groups in total. The van der Waals surface area contributed by atoms with E-state index < -0.39 is 0 Å². The molecule has 1 fully saturated rings. The molecule has 1 saturated heterocycles. The van der Waals surface area contributed by atoms with Gasteiger partial charge in [-0.1, -0.05) is 12.8 Å². The molecule has 6 heteroatoms. The molecule has 0 bridgehead atoms. The number of hydrogen-bond donors (Lipinski definition) is 4. The minimum atomic E-state index is 0.0612. The number of nitrogens with one attached hydrogen (secondary N) is 4. The van der Waals surface area contributed by atoms with Crippen LogP contribution in [0.4, 0.5) is 0 Å². The first kappa shape index (κ1) is 14.8. The Morgan fingerprint density at radius 1 is 0.941 bits per heavy atom. The third-order valence-electron chi connectivity index (χ3n) is 3.17. The van der Waals surface area contributed by atoms with E-state index in [4.69, 9.17) is 9.47 Å². The van der Waals surface area contributed by atoms with E-state index in [-0.39, 0.29) is 12.2 Å². The van der Waals surface area contributed by atoms with E-state index in [0.29, 0.717) is 12.6 Å². The minimum Gasteiger partial charge on any atom is -0.379 e. The lowest BCUT2D eigenvalue weighted by atomic mass is 10.0. The van der Waals surface area contributed by atoms with Crippen molar-refractivity contribution in [3.63, 3.8) is 0 Å². The first-order chi connectivity index (χ1) is 8.27. The number of rotatable bonds is 2. The van der Waals surface area contributed by atoms with Gasteiger partial charge in [0, 0.05) is 26.8 Å². The summed E-state index contributed by atoms with van der Waals surface area (Å²) in [6.45, 7) is 2.85. The van der Waals surface area contributed by atoms with Crippen LogP contribution in [0.5, 0.6) is 0 Å². The lowest BCUT2D eigenvalue weighted by molar-refractivity contribution is -0.0418. The molecule has 1 rings (SSSR count). The number of ether oxygens (including phenoxy) is 2. The molecule has 1 heterocycles. The molecule has 0 amide bonds. The summed E-state index contributed by atoms with van der Waals surface area (Å²) in [5.41, 5.74) is 12.0. The van der Waals surface area contributed by atoms with Gasteiger partial charge in [0.05, 0.1) is 12.2 Å². The highest BCUT2D eigenvalue weighted by molar-refractivity contribution is 4.73. The standard InChI is InChI=1S/C11H26N4O2/c1-9-6-4-5-7-10(16-2)11(17-3)8-12-14-15-13-9/h9-15H,4-8H2,1-3H3. The van der Waals surface area contributed by atoms with Crippen LogP contribution in [-0.2, 0) is 9.47 Å². The molecule has 0 radical (unpaired) electrons. The molecule has 0 aliphatic carbocycles. The first-order valence-electron chi connectivity index (χ1n) is 6.32. The zero-order valence-electron chi connectivity index (χ0n) is 11.1. The highest BCUT2D eigenvalue weighted by atomic mass is 16.5. The SMILES string of the molecule is COC1CCCCC(C)NNNNCC1OC. The van der Waals surface area contributed by atoms with Gasteiger partial charge in [-0.2, -0.15) is 11.1 Å². The summed E-state index contributed by atoms with van der Waals surface area (Å²) in [7, 11) is 3.47. The lowest BCUT2D eigenvalue weighted by Crippen LogP contribution is -2.56. The van der Waals surface area contributed by atoms with Crippen molar-refractivity contribution in [1.82, 2.24) is 21.9 Å². The predicted octanol–water partition coefficient (Wildman–Crippen LogP) is 0.0823. The van der Waals surface area contributed by atoms with Gasteiger partial charge in [-0.25, -0.2) is 10.9 Å². The molecule has 6 nitrogen and oxygen atoms in total. The van der Waals surface area contributed by atoms with Crippen molar-refractivity contribution in [2.75, 3.05) is 20.8 Å². The molecule has 0 aromatic carbocycles. The Bertz CT molecular complexity index is 194. The second-order valence-corrected chi connectivity index (χ2v) is 4.51. The average molecular weight is 246 g/mol. The van der Waals surface area contributed by atoms with Crippen LogP contribution >= 0.6 is 0 Å². The van der Waals surface area contributed by atoms with Crippen molar-refractivity contribution in [3.8, 4) is 0 Å². The Hall–Kier alpha value is -0.240. The fourth-order valence-electron chi connectivity index (χ4n) is 2.05. The van der Waals surface area contributed by atoms with Gasteiger partial charge in [0.1, 0.15) is 0 Å². The number of hydrazine groups is 3. The van der Waals surface area contributed by atoms with Gasteiger partial charge < -0.3 is 9.47 Å². The Kier molecular flexibility index (Phi) is 7.67. The summed E-state index contributed by atoms with van der Waals surface area (Å²) < 4.78 is 10.9. The van der Waals surface area contributed by atoms with Gasteiger partial charge in [-0.3, -0.25) is 0 Å². The summed E-state index contributed by atoms with van der Waals surface area (Å²) >= 11 is 0. The third kappa shape index (κ3) is 5.76. The highest BCUT2D eigenvalue weighted by Crippen LogP contribution is 2.13. The first-order valence-corrected chi connectivity index (χ1v) is 6.32. The average Bonchev–Trinajstić information content (AvgIpc) is 2.33. The van der Waals surface area contributed by atoms with E-state index in [0.717, 1.165) is 19.3 Å². The molecule has 0 aromatic heterocycles. The monoisotopic (exact) mass is 246 g/mol. The van der Waals surface area contributed by atoms with E-state index in [1.807, 2.05) is 0 Å². The van der Waals surface area contributed by atoms with Crippen LogP contribution in [0.2, 0.25) is 0 Å². The minimum absolute atomic E-state index is 0.0612. The summed E-state index contributed by atoms with van der Waals surface area (Å²) in [5.74, 6) is 0. The van der Waals surface area contributed by atoms with E-state index in [1.165, 1.54) is 6.42 Å². The summed E-state index contributed by atoms with van der Waals surface area (Å²) in [6, 6.07) is 0.447. The van der Waals surface area contributed by atoms with Gasteiger partial charge in [-0.15, -0.1) is 0 Å². The van der Waals surface area contributed by atoms with Gasteiger partial charge in [0.2, 0.25) is 0 Å². The van der Waals surface area contributed by atoms with Crippen LogP contribution < -0.4 is 21.9 Å².